The standard InChI is InChI=1S/C14H28N2O3/c1-10(2)6-7-15-11-8-16(9-12(11)17)13(18)19-14(3,4)5/h10-12,15,17H,6-9H2,1-5H3/t11-,12-/m1/s1. The van der Waals surface area contributed by atoms with Crippen LogP contribution in [0.3, 0.4) is 0 Å². The molecule has 1 rings (SSSR count). The molecule has 0 radical (unpaired) electrons. The molecular formula is C14H28N2O3. The molecule has 1 fully saturated rings. The molecule has 19 heavy (non-hydrogen) atoms. The number of hydrogen-bond acceptors (Lipinski definition) is 4. The number of aliphatic hydroxyl groups excluding tert-OH is 1. The molecule has 1 aliphatic rings. The fraction of sp³-hybridized carbons (Fsp3) is 0.929. The van der Waals surface area contributed by atoms with E-state index in [9.17, 15) is 9.90 Å². The summed E-state index contributed by atoms with van der Waals surface area (Å²) in [5.74, 6) is 0.632. The molecule has 0 unspecified atom stereocenters. The number of amides is 1. The van der Waals surface area contributed by atoms with Gasteiger partial charge in [0.25, 0.3) is 0 Å². The Kier molecular flexibility index (Phi) is 5.62. The fourth-order valence-electron chi connectivity index (χ4n) is 2.02. The lowest BCUT2D eigenvalue weighted by atomic mass is 10.1. The van der Waals surface area contributed by atoms with Crippen LogP contribution in [-0.4, -0.2) is 53.5 Å². The lowest BCUT2D eigenvalue weighted by Crippen LogP contribution is -2.40. The maximum absolute atomic E-state index is 11.9. The molecule has 5 nitrogen and oxygen atoms in total. The predicted molar refractivity (Wildman–Crippen MR) is 75.1 cm³/mol. The van der Waals surface area contributed by atoms with Crippen molar-refractivity contribution in [2.45, 2.75) is 58.8 Å². The molecule has 0 aromatic rings. The Morgan fingerprint density at radius 1 is 1.42 bits per heavy atom. The summed E-state index contributed by atoms with van der Waals surface area (Å²) in [5, 5.41) is 13.3. The molecular weight excluding hydrogens is 244 g/mol. The second-order valence-electron chi connectivity index (χ2n) is 6.70. The minimum absolute atomic E-state index is 0.0498. The van der Waals surface area contributed by atoms with E-state index in [0.29, 0.717) is 19.0 Å². The largest absolute Gasteiger partial charge is 0.444 e. The lowest BCUT2D eigenvalue weighted by Gasteiger charge is -2.24. The van der Waals surface area contributed by atoms with Crippen LogP contribution in [0, 0.1) is 5.92 Å². The Balaban J connectivity index is 2.39. The quantitative estimate of drug-likeness (QED) is 0.816. The topological polar surface area (TPSA) is 61.8 Å². The Labute approximate surface area is 116 Å². The van der Waals surface area contributed by atoms with Crippen LogP contribution in [0.4, 0.5) is 4.79 Å². The van der Waals surface area contributed by atoms with Gasteiger partial charge in [0.15, 0.2) is 0 Å². The summed E-state index contributed by atoms with van der Waals surface area (Å²) in [6, 6.07) is -0.0498. The van der Waals surface area contributed by atoms with Gasteiger partial charge in [-0.3, -0.25) is 0 Å². The third kappa shape index (κ3) is 5.78. The summed E-state index contributed by atoms with van der Waals surface area (Å²) in [4.78, 5) is 13.5. The van der Waals surface area contributed by atoms with Crippen LogP contribution >= 0.6 is 0 Å². The van der Waals surface area contributed by atoms with Crippen LogP contribution in [-0.2, 0) is 4.74 Å². The Hall–Kier alpha value is -0.810. The molecule has 0 aromatic heterocycles. The highest BCUT2D eigenvalue weighted by Crippen LogP contribution is 2.16. The van der Waals surface area contributed by atoms with E-state index in [1.165, 1.54) is 0 Å². The van der Waals surface area contributed by atoms with Crippen molar-refractivity contribution in [3.8, 4) is 0 Å². The van der Waals surface area contributed by atoms with E-state index in [1.807, 2.05) is 20.8 Å². The zero-order chi connectivity index (χ0) is 14.6. The van der Waals surface area contributed by atoms with Crippen LogP contribution in [0.15, 0.2) is 0 Å². The molecule has 0 aliphatic carbocycles. The highest BCUT2D eigenvalue weighted by atomic mass is 16.6. The van der Waals surface area contributed by atoms with Gasteiger partial charge in [-0.1, -0.05) is 13.8 Å². The molecule has 112 valence electrons. The molecule has 0 aromatic carbocycles. The van der Waals surface area contributed by atoms with Crippen LogP contribution in [0.1, 0.15) is 41.0 Å². The number of β-amino-alcohol motifs (C(OH)–C–C–N with tert-alkyl or cyclic N) is 1. The number of rotatable bonds is 4. The molecule has 1 heterocycles. The van der Waals surface area contributed by atoms with Crippen LogP contribution < -0.4 is 5.32 Å². The average molecular weight is 272 g/mol. The molecule has 0 bridgehead atoms. The molecule has 1 aliphatic heterocycles. The van der Waals surface area contributed by atoms with Crippen molar-refractivity contribution >= 4 is 6.09 Å². The average Bonchev–Trinajstić information content (AvgIpc) is 2.57. The Morgan fingerprint density at radius 3 is 2.58 bits per heavy atom. The molecule has 5 heteroatoms. The number of carbonyl (C=O) groups is 1. The first-order chi connectivity index (χ1) is 8.69. The summed E-state index contributed by atoms with van der Waals surface area (Å²) in [5.41, 5.74) is -0.495. The van der Waals surface area contributed by atoms with Gasteiger partial charge in [0.2, 0.25) is 0 Å². The molecule has 0 spiro atoms. The predicted octanol–water partition coefficient (Wildman–Crippen LogP) is 1.60. The van der Waals surface area contributed by atoms with E-state index in [2.05, 4.69) is 19.2 Å². The van der Waals surface area contributed by atoms with Crippen LogP contribution in [0.2, 0.25) is 0 Å². The molecule has 2 atom stereocenters. The van der Waals surface area contributed by atoms with Gasteiger partial charge in [0, 0.05) is 6.54 Å². The van der Waals surface area contributed by atoms with Crippen LogP contribution in [0.25, 0.3) is 0 Å². The smallest absolute Gasteiger partial charge is 0.410 e. The van der Waals surface area contributed by atoms with Crippen molar-refractivity contribution in [2.24, 2.45) is 5.92 Å². The highest BCUT2D eigenvalue weighted by molar-refractivity contribution is 5.68. The SMILES string of the molecule is CC(C)CCN[C@@H]1CN(C(=O)OC(C)(C)C)C[C@H]1O. The number of nitrogens with zero attached hydrogens (tertiary/aromatic N) is 1. The van der Waals surface area contributed by atoms with E-state index in [0.717, 1.165) is 13.0 Å². The summed E-state index contributed by atoms with van der Waals surface area (Å²) >= 11 is 0. The highest BCUT2D eigenvalue weighted by Gasteiger charge is 2.35. The van der Waals surface area contributed by atoms with Gasteiger partial charge < -0.3 is 20.1 Å². The van der Waals surface area contributed by atoms with Crippen molar-refractivity contribution in [1.82, 2.24) is 10.2 Å². The van der Waals surface area contributed by atoms with E-state index in [-0.39, 0.29) is 12.1 Å². The molecule has 1 amide bonds. The van der Waals surface area contributed by atoms with Crippen molar-refractivity contribution in [3.05, 3.63) is 0 Å². The van der Waals surface area contributed by atoms with Gasteiger partial charge in [-0.15, -0.1) is 0 Å². The third-order valence-corrected chi connectivity index (χ3v) is 3.07. The summed E-state index contributed by atoms with van der Waals surface area (Å²) in [6.07, 6.45) is 0.203. The number of nitrogens with one attached hydrogen (secondary N) is 1. The van der Waals surface area contributed by atoms with Crippen molar-refractivity contribution in [1.29, 1.82) is 0 Å². The first-order valence-electron chi connectivity index (χ1n) is 7.08. The first kappa shape index (κ1) is 16.2. The monoisotopic (exact) mass is 272 g/mol. The van der Waals surface area contributed by atoms with E-state index in [1.54, 1.807) is 4.90 Å². The van der Waals surface area contributed by atoms with Gasteiger partial charge in [0.05, 0.1) is 18.7 Å². The van der Waals surface area contributed by atoms with Gasteiger partial charge in [-0.25, -0.2) is 4.79 Å². The van der Waals surface area contributed by atoms with Crippen molar-refractivity contribution in [3.63, 3.8) is 0 Å². The van der Waals surface area contributed by atoms with E-state index >= 15 is 0 Å². The summed E-state index contributed by atoms with van der Waals surface area (Å²) in [6.45, 7) is 11.6. The van der Waals surface area contributed by atoms with Crippen molar-refractivity contribution in [2.75, 3.05) is 19.6 Å². The zero-order valence-corrected chi connectivity index (χ0v) is 12.8. The minimum atomic E-state index is -0.514. The lowest BCUT2D eigenvalue weighted by molar-refractivity contribution is 0.0270. The summed E-state index contributed by atoms with van der Waals surface area (Å²) < 4.78 is 5.31. The zero-order valence-electron chi connectivity index (χ0n) is 12.8. The van der Waals surface area contributed by atoms with E-state index < -0.39 is 11.7 Å². The van der Waals surface area contributed by atoms with Crippen LogP contribution in [0.5, 0.6) is 0 Å². The normalized spacial score (nSPS) is 24.1. The molecule has 2 N–H and O–H groups in total. The maximum atomic E-state index is 11.9. The number of carbonyl (C=O) groups excluding carboxylic acids is 1. The van der Waals surface area contributed by atoms with Gasteiger partial charge >= 0.3 is 6.09 Å². The number of hydrogen-bond donors (Lipinski definition) is 2. The second-order valence-corrected chi connectivity index (χ2v) is 6.70. The Bertz CT molecular complexity index is 300. The molecule has 1 saturated heterocycles. The van der Waals surface area contributed by atoms with E-state index in [4.69, 9.17) is 4.74 Å². The third-order valence-electron chi connectivity index (χ3n) is 3.07. The minimum Gasteiger partial charge on any atom is -0.444 e. The summed E-state index contributed by atoms with van der Waals surface area (Å²) in [7, 11) is 0. The fourth-order valence-corrected chi connectivity index (χ4v) is 2.02. The van der Waals surface area contributed by atoms with Gasteiger partial charge in [-0.2, -0.15) is 0 Å². The second kappa shape index (κ2) is 6.57. The van der Waals surface area contributed by atoms with Crippen molar-refractivity contribution < 1.29 is 14.6 Å². The number of aliphatic hydroxyl groups is 1. The van der Waals surface area contributed by atoms with Gasteiger partial charge in [-0.05, 0) is 39.7 Å². The number of likely N-dealkylation sites (tertiary alicyclic amines) is 1. The maximum Gasteiger partial charge on any atom is 0.410 e. The van der Waals surface area contributed by atoms with Gasteiger partial charge in [0.1, 0.15) is 5.60 Å². The Morgan fingerprint density at radius 2 is 2.05 bits per heavy atom. The number of ether oxygens (including phenoxy) is 1. The molecule has 0 saturated carbocycles. The first-order valence-corrected chi connectivity index (χ1v) is 7.08.